The Kier molecular flexibility index (Phi) is 5.54. The average molecular weight is 272 g/mol. The highest BCUT2D eigenvalue weighted by atomic mass is 32.2. The van der Waals surface area contributed by atoms with E-state index in [2.05, 4.69) is 10.1 Å². The maximum absolute atomic E-state index is 11.9. The van der Waals surface area contributed by atoms with Gasteiger partial charge in [0.1, 0.15) is 0 Å². The Morgan fingerprint density at radius 1 is 1.28 bits per heavy atom. The first-order valence-corrected chi connectivity index (χ1v) is 7.23. The molecule has 0 radical (unpaired) electrons. The highest BCUT2D eigenvalue weighted by Gasteiger charge is 2.13. The van der Waals surface area contributed by atoms with Gasteiger partial charge in [0, 0.05) is 18.8 Å². The van der Waals surface area contributed by atoms with Crippen molar-refractivity contribution in [2.75, 3.05) is 32.1 Å². The van der Waals surface area contributed by atoms with E-state index in [4.69, 9.17) is 5.84 Å². The fourth-order valence-electron chi connectivity index (χ4n) is 1.34. The van der Waals surface area contributed by atoms with Crippen LogP contribution in [0.3, 0.4) is 0 Å². The molecule has 0 aliphatic heterocycles. The van der Waals surface area contributed by atoms with E-state index < -0.39 is 10.0 Å². The lowest BCUT2D eigenvalue weighted by molar-refractivity contribution is 0.358. The number of nitrogens with zero attached hydrogens (tertiary/aromatic N) is 1. The highest BCUT2D eigenvalue weighted by molar-refractivity contribution is 7.89. The molecule has 4 N–H and O–H groups in total. The number of nitrogens with two attached hydrogens (primary N) is 1. The monoisotopic (exact) mass is 272 g/mol. The van der Waals surface area contributed by atoms with Crippen molar-refractivity contribution in [3.05, 3.63) is 24.3 Å². The molecule has 0 saturated carbocycles. The van der Waals surface area contributed by atoms with Crippen LogP contribution in [-0.2, 0) is 10.0 Å². The summed E-state index contributed by atoms with van der Waals surface area (Å²) in [5.41, 5.74) is 3.12. The van der Waals surface area contributed by atoms with Gasteiger partial charge >= 0.3 is 0 Å². The van der Waals surface area contributed by atoms with E-state index in [1.165, 1.54) is 12.1 Å². The van der Waals surface area contributed by atoms with Crippen LogP contribution in [0.2, 0.25) is 0 Å². The number of anilines is 1. The Morgan fingerprint density at radius 3 is 2.39 bits per heavy atom. The molecule has 1 aromatic rings. The molecule has 0 saturated heterocycles. The zero-order valence-electron chi connectivity index (χ0n) is 10.7. The Morgan fingerprint density at radius 2 is 1.89 bits per heavy atom. The molecule has 1 rings (SSSR count). The molecule has 0 aliphatic rings. The number of benzene rings is 1. The molecule has 0 heterocycles. The van der Waals surface area contributed by atoms with Crippen LogP contribution in [0.15, 0.2) is 29.2 Å². The standard InChI is InChI=1S/C11H20N4O2S/c1-3-15(2)9-8-13-18(16,17)11-6-4-10(14-12)5-7-11/h4-7,13-14H,3,8-9,12H2,1-2H3. The van der Waals surface area contributed by atoms with Crippen LogP contribution in [0.5, 0.6) is 0 Å². The van der Waals surface area contributed by atoms with Crippen LogP contribution >= 0.6 is 0 Å². The van der Waals surface area contributed by atoms with E-state index in [-0.39, 0.29) is 4.90 Å². The number of sulfonamides is 1. The number of nitrogens with one attached hydrogen (secondary N) is 2. The molecule has 102 valence electrons. The SMILES string of the molecule is CCN(C)CCNS(=O)(=O)c1ccc(NN)cc1. The quantitative estimate of drug-likeness (QED) is 0.487. The largest absolute Gasteiger partial charge is 0.324 e. The van der Waals surface area contributed by atoms with Gasteiger partial charge in [-0.3, -0.25) is 5.84 Å². The Balaban J connectivity index is 2.62. The minimum atomic E-state index is -3.43. The van der Waals surface area contributed by atoms with Crippen LogP contribution in [0, 0.1) is 0 Å². The van der Waals surface area contributed by atoms with Crippen molar-refractivity contribution in [3.63, 3.8) is 0 Å². The van der Waals surface area contributed by atoms with Gasteiger partial charge < -0.3 is 10.3 Å². The first-order chi connectivity index (χ1) is 8.49. The lowest BCUT2D eigenvalue weighted by atomic mass is 10.3. The second kappa shape index (κ2) is 6.69. The summed E-state index contributed by atoms with van der Waals surface area (Å²) in [6, 6.07) is 6.27. The maximum Gasteiger partial charge on any atom is 0.240 e. The van der Waals surface area contributed by atoms with Crippen LogP contribution in [0.25, 0.3) is 0 Å². The van der Waals surface area contributed by atoms with Crippen molar-refractivity contribution in [1.82, 2.24) is 9.62 Å². The van der Waals surface area contributed by atoms with Crippen LogP contribution in [0.1, 0.15) is 6.92 Å². The number of hydrogen-bond donors (Lipinski definition) is 3. The third-order valence-electron chi connectivity index (χ3n) is 2.66. The molecule has 0 amide bonds. The molecule has 0 bridgehead atoms. The van der Waals surface area contributed by atoms with Gasteiger partial charge in [0.25, 0.3) is 0 Å². The molecular formula is C11H20N4O2S. The smallest absolute Gasteiger partial charge is 0.240 e. The van der Waals surface area contributed by atoms with Gasteiger partial charge in [0.2, 0.25) is 10.0 Å². The van der Waals surface area contributed by atoms with Gasteiger partial charge in [-0.25, -0.2) is 13.1 Å². The third-order valence-corrected chi connectivity index (χ3v) is 4.13. The molecule has 0 atom stereocenters. The normalized spacial score (nSPS) is 11.8. The van der Waals surface area contributed by atoms with Crippen LogP contribution < -0.4 is 16.0 Å². The number of likely N-dealkylation sites (N-methyl/N-ethyl adjacent to an activating group) is 1. The van der Waals surface area contributed by atoms with Crippen LogP contribution in [0.4, 0.5) is 5.69 Å². The van der Waals surface area contributed by atoms with Crippen molar-refractivity contribution in [2.45, 2.75) is 11.8 Å². The number of hydrogen-bond acceptors (Lipinski definition) is 5. The summed E-state index contributed by atoms with van der Waals surface area (Å²) in [6.07, 6.45) is 0. The van der Waals surface area contributed by atoms with E-state index in [9.17, 15) is 8.42 Å². The summed E-state index contributed by atoms with van der Waals surface area (Å²) >= 11 is 0. The fraction of sp³-hybridized carbons (Fsp3) is 0.455. The third kappa shape index (κ3) is 4.26. The lowest BCUT2D eigenvalue weighted by Crippen LogP contribution is -2.32. The zero-order chi connectivity index (χ0) is 13.6. The molecular weight excluding hydrogens is 252 g/mol. The molecule has 6 nitrogen and oxygen atoms in total. The van der Waals surface area contributed by atoms with E-state index in [1.807, 2.05) is 18.9 Å². The summed E-state index contributed by atoms with van der Waals surface area (Å²) < 4.78 is 26.4. The maximum atomic E-state index is 11.9. The molecule has 7 heteroatoms. The molecule has 0 fully saturated rings. The molecule has 18 heavy (non-hydrogen) atoms. The molecule has 0 aromatic heterocycles. The fourth-order valence-corrected chi connectivity index (χ4v) is 2.36. The van der Waals surface area contributed by atoms with Crippen LogP contribution in [-0.4, -0.2) is 40.0 Å². The summed E-state index contributed by atoms with van der Waals surface area (Å²) in [6.45, 7) is 3.98. The van der Waals surface area contributed by atoms with Gasteiger partial charge in [0.05, 0.1) is 4.90 Å². The van der Waals surface area contributed by atoms with Gasteiger partial charge in [-0.15, -0.1) is 0 Å². The number of rotatable bonds is 7. The zero-order valence-corrected chi connectivity index (χ0v) is 11.5. The number of hydrazine groups is 1. The van der Waals surface area contributed by atoms with Gasteiger partial charge in [-0.1, -0.05) is 6.92 Å². The summed E-state index contributed by atoms with van der Waals surface area (Å²) in [4.78, 5) is 2.27. The Labute approximate surface area is 108 Å². The van der Waals surface area contributed by atoms with Crippen molar-refractivity contribution in [2.24, 2.45) is 5.84 Å². The molecule has 1 aromatic carbocycles. The minimum absolute atomic E-state index is 0.237. The van der Waals surface area contributed by atoms with Crippen molar-refractivity contribution >= 4 is 15.7 Å². The highest BCUT2D eigenvalue weighted by Crippen LogP contribution is 2.12. The number of nitrogen functional groups attached to an aromatic ring is 1. The predicted octanol–water partition coefficient (Wildman–Crippen LogP) is 0.202. The van der Waals surface area contributed by atoms with E-state index >= 15 is 0 Å². The van der Waals surface area contributed by atoms with E-state index in [0.29, 0.717) is 18.8 Å². The Bertz CT molecular complexity index is 458. The first kappa shape index (κ1) is 14.9. The summed E-state index contributed by atoms with van der Waals surface area (Å²) in [7, 11) is -1.49. The Hall–Kier alpha value is -1.15. The second-order valence-corrected chi connectivity index (χ2v) is 5.73. The lowest BCUT2D eigenvalue weighted by Gasteiger charge is -2.14. The minimum Gasteiger partial charge on any atom is -0.324 e. The summed E-state index contributed by atoms with van der Waals surface area (Å²) in [5, 5.41) is 0. The molecule has 0 spiro atoms. The van der Waals surface area contributed by atoms with Crippen molar-refractivity contribution in [3.8, 4) is 0 Å². The molecule has 0 aliphatic carbocycles. The topological polar surface area (TPSA) is 87.5 Å². The predicted molar refractivity (Wildman–Crippen MR) is 72.6 cm³/mol. The van der Waals surface area contributed by atoms with E-state index in [1.54, 1.807) is 12.1 Å². The van der Waals surface area contributed by atoms with Gasteiger partial charge in [-0.2, -0.15) is 0 Å². The first-order valence-electron chi connectivity index (χ1n) is 5.74. The molecule has 0 unspecified atom stereocenters. The van der Waals surface area contributed by atoms with E-state index in [0.717, 1.165) is 6.54 Å². The van der Waals surface area contributed by atoms with Crippen molar-refractivity contribution in [1.29, 1.82) is 0 Å². The second-order valence-electron chi connectivity index (χ2n) is 3.96. The van der Waals surface area contributed by atoms with Gasteiger partial charge in [-0.05, 0) is 37.9 Å². The van der Waals surface area contributed by atoms with Crippen molar-refractivity contribution < 1.29 is 8.42 Å². The van der Waals surface area contributed by atoms with Gasteiger partial charge in [0.15, 0.2) is 0 Å². The summed E-state index contributed by atoms with van der Waals surface area (Å²) in [5.74, 6) is 5.22. The average Bonchev–Trinajstić information content (AvgIpc) is 2.38.